The molecule has 3 nitrogen and oxygen atoms in total. The van der Waals surface area contributed by atoms with Crippen molar-refractivity contribution in [2.24, 2.45) is 0 Å². The lowest BCUT2D eigenvalue weighted by molar-refractivity contribution is -0.134. The lowest BCUT2D eigenvalue weighted by atomic mass is 9.82. The highest BCUT2D eigenvalue weighted by molar-refractivity contribution is 5.72. The number of rotatable bonds is 8. The van der Waals surface area contributed by atoms with Gasteiger partial charge in [-0.3, -0.25) is 4.79 Å². The molecule has 0 N–H and O–H groups in total. The van der Waals surface area contributed by atoms with Crippen molar-refractivity contribution >= 4 is 5.97 Å². The Morgan fingerprint density at radius 1 is 0.929 bits per heavy atom. The van der Waals surface area contributed by atoms with Gasteiger partial charge in [0.25, 0.3) is 0 Å². The molecule has 0 unspecified atom stereocenters. The Bertz CT molecular complexity index is 767. The SMILES string of the molecule is CCC(C)(C)c1ccc(OCCCC(=O)Oc2ccccc2C(C)(C)C)cc1. The third kappa shape index (κ3) is 6.12. The van der Waals surface area contributed by atoms with E-state index >= 15 is 0 Å². The summed E-state index contributed by atoms with van der Waals surface area (Å²) in [4.78, 5) is 12.2. The predicted octanol–water partition coefficient (Wildman–Crippen LogP) is 6.44. The highest BCUT2D eigenvalue weighted by atomic mass is 16.5. The monoisotopic (exact) mass is 382 g/mol. The Balaban J connectivity index is 1.81. The fourth-order valence-corrected chi connectivity index (χ4v) is 2.96. The van der Waals surface area contributed by atoms with E-state index in [-0.39, 0.29) is 16.8 Å². The van der Waals surface area contributed by atoms with E-state index in [1.165, 1.54) is 5.56 Å². The van der Waals surface area contributed by atoms with Crippen molar-refractivity contribution in [2.75, 3.05) is 6.61 Å². The van der Waals surface area contributed by atoms with Gasteiger partial charge >= 0.3 is 5.97 Å². The Morgan fingerprint density at radius 2 is 1.57 bits per heavy atom. The Morgan fingerprint density at radius 3 is 2.18 bits per heavy atom. The fourth-order valence-electron chi connectivity index (χ4n) is 2.96. The van der Waals surface area contributed by atoms with E-state index in [1.54, 1.807) is 0 Å². The van der Waals surface area contributed by atoms with Crippen molar-refractivity contribution in [1.82, 2.24) is 0 Å². The van der Waals surface area contributed by atoms with Crippen LogP contribution in [0.15, 0.2) is 48.5 Å². The molecule has 0 aliphatic heterocycles. The minimum absolute atomic E-state index is 0.0709. The predicted molar refractivity (Wildman–Crippen MR) is 115 cm³/mol. The zero-order valence-corrected chi connectivity index (χ0v) is 18.2. The first-order valence-electron chi connectivity index (χ1n) is 10.2. The molecule has 0 aliphatic rings. The number of ether oxygens (including phenoxy) is 2. The van der Waals surface area contributed by atoms with E-state index in [4.69, 9.17) is 9.47 Å². The number of carbonyl (C=O) groups is 1. The molecule has 2 rings (SSSR count). The summed E-state index contributed by atoms with van der Waals surface area (Å²) >= 11 is 0. The van der Waals surface area contributed by atoms with Gasteiger partial charge in [0.05, 0.1) is 6.61 Å². The van der Waals surface area contributed by atoms with Crippen molar-refractivity contribution in [3.63, 3.8) is 0 Å². The van der Waals surface area contributed by atoms with Crippen LogP contribution >= 0.6 is 0 Å². The van der Waals surface area contributed by atoms with E-state index in [0.717, 1.165) is 17.7 Å². The Kier molecular flexibility index (Phi) is 7.29. The summed E-state index contributed by atoms with van der Waals surface area (Å²) in [5.74, 6) is 1.26. The normalized spacial score (nSPS) is 11.9. The van der Waals surface area contributed by atoms with Crippen LogP contribution in [0.4, 0.5) is 0 Å². The molecule has 3 heteroatoms. The van der Waals surface area contributed by atoms with E-state index in [9.17, 15) is 4.79 Å². The average molecular weight is 383 g/mol. The third-order valence-electron chi connectivity index (χ3n) is 5.23. The van der Waals surface area contributed by atoms with Gasteiger partial charge in [-0.2, -0.15) is 0 Å². The third-order valence-corrected chi connectivity index (χ3v) is 5.23. The number of benzene rings is 2. The van der Waals surface area contributed by atoms with Crippen LogP contribution < -0.4 is 9.47 Å². The van der Waals surface area contributed by atoms with Gasteiger partial charge in [-0.05, 0) is 47.4 Å². The largest absolute Gasteiger partial charge is 0.494 e. The summed E-state index contributed by atoms with van der Waals surface area (Å²) < 4.78 is 11.4. The number of esters is 1. The maximum atomic E-state index is 12.2. The zero-order valence-electron chi connectivity index (χ0n) is 18.2. The molecule has 0 atom stereocenters. The number of para-hydroxylation sites is 1. The maximum absolute atomic E-state index is 12.2. The van der Waals surface area contributed by atoms with Crippen molar-refractivity contribution in [3.05, 3.63) is 59.7 Å². The van der Waals surface area contributed by atoms with E-state index in [1.807, 2.05) is 36.4 Å². The first kappa shape index (κ1) is 22.0. The molecule has 0 fully saturated rings. The van der Waals surface area contributed by atoms with Crippen LogP contribution in [-0.4, -0.2) is 12.6 Å². The fraction of sp³-hybridized carbons (Fsp3) is 0.480. The van der Waals surface area contributed by atoms with Gasteiger partial charge in [0.2, 0.25) is 0 Å². The quantitative estimate of drug-likeness (QED) is 0.299. The van der Waals surface area contributed by atoms with E-state index < -0.39 is 0 Å². The van der Waals surface area contributed by atoms with Crippen LogP contribution in [0.5, 0.6) is 11.5 Å². The second-order valence-electron chi connectivity index (χ2n) is 8.93. The second kappa shape index (κ2) is 9.27. The van der Waals surface area contributed by atoms with Crippen LogP contribution in [0.3, 0.4) is 0 Å². The Labute approximate surface area is 170 Å². The summed E-state index contributed by atoms with van der Waals surface area (Å²) in [7, 11) is 0. The van der Waals surface area contributed by atoms with Crippen molar-refractivity contribution in [1.29, 1.82) is 0 Å². The van der Waals surface area contributed by atoms with Crippen molar-refractivity contribution in [2.45, 2.75) is 71.6 Å². The molecule has 0 bridgehead atoms. The molecule has 2 aromatic carbocycles. The molecule has 0 aromatic heterocycles. The van der Waals surface area contributed by atoms with Gasteiger partial charge in [0.15, 0.2) is 0 Å². The average Bonchev–Trinajstić information content (AvgIpc) is 2.65. The summed E-state index contributed by atoms with van der Waals surface area (Å²) in [5.41, 5.74) is 2.45. The molecule has 0 heterocycles. The lowest BCUT2D eigenvalue weighted by Gasteiger charge is -2.23. The molecule has 28 heavy (non-hydrogen) atoms. The van der Waals surface area contributed by atoms with Crippen molar-refractivity contribution < 1.29 is 14.3 Å². The first-order valence-corrected chi connectivity index (χ1v) is 10.2. The van der Waals surface area contributed by atoms with E-state index in [2.05, 4.69) is 53.7 Å². The van der Waals surface area contributed by atoms with Crippen LogP contribution in [0.1, 0.15) is 71.9 Å². The van der Waals surface area contributed by atoms with Crippen molar-refractivity contribution in [3.8, 4) is 11.5 Å². The van der Waals surface area contributed by atoms with Crippen LogP contribution in [0.25, 0.3) is 0 Å². The molecule has 2 aromatic rings. The minimum atomic E-state index is -0.222. The summed E-state index contributed by atoms with van der Waals surface area (Å²) in [6.45, 7) is 13.5. The molecule has 152 valence electrons. The zero-order chi connectivity index (χ0) is 20.8. The molecule has 0 amide bonds. The van der Waals surface area contributed by atoms with Gasteiger partial charge in [-0.25, -0.2) is 0 Å². The van der Waals surface area contributed by atoms with E-state index in [0.29, 0.717) is 25.2 Å². The van der Waals surface area contributed by atoms with Gasteiger partial charge < -0.3 is 9.47 Å². The number of hydrogen-bond acceptors (Lipinski definition) is 3. The van der Waals surface area contributed by atoms with Gasteiger partial charge in [0.1, 0.15) is 11.5 Å². The molecular formula is C25H34O3. The number of hydrogen-bond donors (Lipinski definition) is 0. The topological polar surface area (TPSA) is 35.5 Å². The van der Waals surface area contributed by atoms with Gasteiger partial charge in [0, 0.05) is 12.0 Å². The minimum Gasteiger partial charge on any atom is -0.494 e. The van der Waals surface area contributed by atoms with Crippen LogP contribution in [0.2, 0.25) is 0 Å². The maximum Gasteiger partial charge on any atom is 0.311 e. The Hall–Kier alpha value is -2.29. The first-order chi connectivity index (χ1) is 13.1. The summed E-state index contributed by atoms with van der Waals surface area (Å²) in [6, 6.07) is 16.0. The molecule has 0 radical (unpaired) electrons. The second-order valence-corrected chi connectivity index (χ2v) is 8.93. The highest BCUT2D eigenvalue weighted by Gasteiger charge is 2.20. The summed E-state index contributed by atoms with van der Waals surface area (Å²) in [6.07, 6.45) is 2.05. The molecular weight excluding hydrogens is 348 g/mol. The van der Waals surface area contributed by atoms with Gasteiger partial charge in [-0.15, -0.1) is 0 Å². The molecule has 0 saturated carbocycles. The van der Waals surface area contributed by atoms with Gasteiger partial charge in [-0.1, -0.05) is 71.9 Å². The summed E-state index contributed by atoms with van der Waals surface area (Å²) in [5, 5.41) is 0. The van der Waals surface area contributed by atoms with Crippen LogP contribution in [0, 0.1) is 0 Å². The highest BCUT2D eigenvalue weighted by Crippen LogP contribution is 2.31. The number of carbonyl (C=O) groups excluding carboxylic acids is 1. The molecule has 0 spiro atoms. The smallest absolute Gasteiger partial charge is 0.311 e. The molecule has 0 aliphatic carbocycles. The standard InChI is InChI=1S/C25H34O3/c1-7-25(5,6)19-14-16-20(17-15-19)27-18-10-13-23(26)28-22-12-9-8-11-21(22)24(2,3)4/h8-9,11-12,14-17H,7,10,13,18H2,1-6H3. The molecule has 0 saturated heterocycles. The van der Waals surface area contributed by atoms with Crippen LogP contribution in [-0.2, 0) is 15.6 Å². The lowest BCUT2D eigenvalue weighted by Crippen LogP contribution is -2.16.